The van der Waals surface area contributed by atoms with Gasteiger partial charge in [-0.15, -0.1) is 0 Å². The van der Waals surface area contributed by atoms with Gasteiger partial charge in [-0.1, -0.05) is 42.6 Å². The Balaban J connectivity index is 1.35. The van der Waals surface area contributed by atoms with E-state index in [-0.39, 0.29) is 22.4 Å². The maximum atomic E-state index is 14.3. The quantitative estimate of drug-likeness (QED) is 0.375. The van der Waals surface area contributed by atoms with Crippen LogP contribution in [0, 0.1) is 5.82 Å². The van der Waals surface area contributed by atoms with Crippen molar-refractivity contribution in [3.05, 3.63) is 57.5 Å². The number of hydrogen-bond donors (Lipinski definition) is 1. The summed E-state index contributed by atoms with van der Waals surface area (Å²) < 4.78 is 76.2. The zero-order valence-electron chi connectivity index (χ0n) is 22.1. The smallest absolute Gasteiger partial charge is 0.353 e. The van der Waals surface area contributed by atoms with Gasteiger partial charge in [-0.3, -0.25) is 9.80 Å². The first kappa shape index (κ1) is 31.2. The van der Waals surface area contributed by atoms with Crippen LogP contribution < -0.4 is 9.62 Å². The monoisotopic (exact) mass is 625 g/mol. The van der Waals surface area contributed by atoms with Gasteiger partial charge in [0.1, 0.15) is 11.6 Å². The number of anilines is 1. The second-order valence-corrected chi connectivity index (χ2v) is 12.9. The number of nitrogens with one attached hydrogen (secondary N) is 1. The lowest BCUT2D eigenvalue weighted by Gasteiger charge is -2.48. The number of benzene rings is 1. The van der Waals surface area contributed by atoms with Gasteiger partial charge in [0.15, 0.2) is 0 Å². The number of alkyl halides is 3. The number of piperidine rings is 1. The number of halogens is 6. The number of aromatic nitrogens is 1. The summed E-state index contributed by atoms with van der Waals surface area (Å²) in [5.41, 5.74) is -4.51. The van der Waals surface area contributed by atoms with Crippen LogP contribution in [0.2, 0.25) is 10.0 Å². The van der Waals surface area contributed by atoms with Gasteiger partial charge in [0, 0.05) is 61.6 Å². The van der Waals surface area contributed by atoms with Gasteiger partial charge in [0.05, 0.1) is 5.02 Å². The number of nitrogens with zero attached hydrogens (tertiary/aromatic N) is 4. The van der Waals surface area contributed by atoms with E-state index in [1.807, 2.05) is 0 Å². The van der Waals surface area contributed by atoms with Crippen LogP contribution in [0.5, 0.6) is 0 Å². The Morgan fingerprint density at radius 2 is 1.82 bits per heavy atom. The molecule has 7 nitrogen and oxygen atoms in total. The van der Waals surface area contributed by atoms with Gasteiger partial charge in [0.25, 0.3) is 0 Å². The predicted molar refractivity (Wildman–Crippen MR) is 148 cm³/mol. The summed E-state index contributed by atoms with van der Waals surface area (Å²) in [5.74, 6) is 0.251. The van der Waals surface area contributed by atoms with Crippen LogP contribution in [0.25, 0.3) is 0 Å². The normalized spacial score (nSPS) is 20.3. The SMILES string of the molecule is CCC[C@H]1CN(c2ncc(CNS(=O)(=O)C(F)(F)F)cc2Cl)CCN1C1CCN(Cc2ccc(Cl)cc2F)CC1. The summed E-state index contributed by atoms with van der Waals surface area (Å²) >= 11 is 12.3. The van der Waals surface area contributed by atoms with Crippen molar-refractivity contribution in [3.8, 4) is 0 Å². The molecule has 2 saturated heterocycles. The number of pyridine rings is 1. The number of likely N-dealkylation sites (tertiary alicyclic amines) is 1. The van der Waals surface area contributed by atoms with Gasteiger partial charge in [-0.05, 0) is 56.1 Å². The molecule has 1 N–H and O–H groups in total. The van der Waals surface area contributed by atoms with Crippen molar-refractivity contribution in [3.63, 3.8) is 0 Å². The van der Waals surface area contributed by atoms with Gasteiger partial charge < -0.3 is 4.90 Å². The molecule has 40 heavy (non-hydrogen) atoms. The van der Waals surface area contributed by atoms with Crippen molar-refractivity contribution in [1.29, 1.82) is 0 Å². The second kappa shape index (κ2) is 13.1. The molecule has 0 aliphatic carbocycles. The minimum atomic E-state index is -5.45. The molecule has 1 atom stereocenters. The Labute approximate surface area is 242 Å². The molecule has 0 radical (unpaired) electrons. The molecule has 0 spiro atoms. The number of sulfonamides is 1. The average molecular weight is 627 g/mol. The van der Waals surface area contributed by atoms with E-state index in [0.717, 1.165) is 45.3 Å². The number of piperazine rings is 1. The van der Waals surface area contributed by atoms with Crippen molar-refractivity contribution in [2.75, 3.05) is 37.6 Å². The van der Waals surface area contributed by atoms with E-state index in [0.29, 0.717) is 42.1 Å². The third-order valence-electron chi connectivity index (χ3n) is 7.53. The maximum Gasteiger partial charge on any atom is 0.511 e. The highest BCUT2D eigenvalue weighted by atomic mass is 35.5. The molecule has 3 heterocycles. The van der Waals surface area contributed by atoms with Crippen LogP contribution in [0.15, 0.2) is 30.5 Å². The van der Waals surface area contributed by atoms with Crippen molar-refractivity contribution in [2.45, 2.75) is 63.3 Å². The summed E-state index contributed by atoms with van der Waals surface area (Å²) in [6.45, 7) is 6.08. The fourth-order valence-electron chi connectivity index (χ4n) is 5.49. The lowest BCUT2D eigenvalue weighted by Crippen LogP contribution is -2.58. The Bertz CT molecular complexity index is 1280. The van der Waals surface area contributed by atoms with Crippen molar-refractivity contribution < 1.29 is 26.0 Å². The third-order valence-corrected chi connectivity index (χ3v) is 9.18. The molecule has 0 saturated carbocycles. The first-order chi connectivity index (χ1) is 18.9. The van der Waals surface area contributed by atoms with Crippen LogP contribution in [0.1, 0.15) is 43.7 Å². The highest BCUT2D eigenvalue weighted by Crippen LogP contribution is 2.31. The minimum Gasteiger partial charge on any atom is -0.353 e. The number of hydrogen-bond acceptors (Lipinski definition) is 6. The van der Waals surface area contributed by atoms with E-state index in [1.165, 1.54) is 23.1 Å². The molecule has 4 rings (SSSR count). The van der Waals surface area contributed by atoms with Crippen LogP contribution in [-0.4, -0.2) is 73.5 Å². The molecular formula is C26H33Cl2F4N5O2S. The first-order valence-corrected chi connectivity index (χ1v) is 15.5. The largest absolute Gasteiger partial charge is 0.511 e. The standard InChI is InChI=1S/C26H33Cl2F4N5O2S/c1-2-3-22-17-36(25-23(28)12-18(14-33-25)15-34-40(38,39)26(30,31)32)10-11-37(22)21-6-8-35(9-7-21)16-19-4-5-20(27)13-24(19)29/h4-5,12-14,21-22,34H,2-3,6-11,15-17H2,1H3/t22-/m0/s1. The van der Waals surface area contributed by atoms with Gasteiger partial charge in [-0.25, -0.2) is 22.5 Å². The molecule has 1 aromatic carbocycles. The molecule has 0 unspecified atom stereocenters. The predicted octanol–water partition coefficient (Wildman–Crippen LogP) is 5.42. The van der Waals surface area contributed by atoms with Crippen LogP contribution >= 0.6 is 23.2 Å². The maximum absolute atomic E-state index is 14.3. The van der Waals surface area contributed by atoms with E-state index in [2.05, 4.69) is 26.6 Å². The summed E-state index contributed by atoms with van der Waals surface area (Å²) in [7, 11) is -5.45. The van der Waals surface area contributed by atoms with Crippen molar-refractivity contribution >= 4 is 39.0 Å². The molecular weight excluding hydrogens is 593 g/mol. The number of rotatable bonds is 9. The molecule has 14 heteroatoms. The van der Waals surface area contributed by atoms with Gasteiger partial charge in [0.2, 0.25) is 0 Å². The molecule has 0 amide bonds. The van der Waals surface area contributed by atoms with Gasteiger partial charge in [-0.2, -0.15) is 13.2 Å². The van der Waals surface area contributed by atoms with Crippen molar-refractivity contribution in [1.82, 2.24) is 19.5 Å². The molecule has 1 aromatic heterocycles. The second-order valence-electron chi connectivity index (χ2n) is 10.3. The Morgan fingerprint density at radius 1 is 1.10 bits per heavy atom. The topological polar surface area (TPSA) is 68.8 Å². The van der Waals surface area contributed by atoms with Crippen LogP contribution in [-0.2, 0) is 23.1 Å². The fraction of sp³-hybridized carbons (Fsp3) is 0.577. The molecule has 2 aromatic rings. The molecule has 2 fully saturated rings. The molecule has 2 aliphatic rings. The summed E-state index contributed by atoms with van der Waals surface area (Å²) in [5, 5.41) is 0.650. The summed E-state index contributed by atoms with van der Waals surface area (Å²) in [6.07, 6.45) is 5.30. The van der Waals surface area contributed by atoms with E-state index in [4.69, 9.17) is 23.2 Å². The highest BCUT2D eigenvalue weighted by Gasteiger charge is 2.45. The van der Waals surface area contributed by atoms with Gasteiger partial charge >= 0.3 is 15.5 Å². The van der Waals surface area contributed by atoms with E-state index in [9.17, 15) is 26.0 Å². The van der Waals surface area contributed by atoms with E-state index < -0.39 is 22.1 Å². The lowest BCUT2D eigenvalue weighted by molar-refractivity contribution is -0.0448. The Morgan fingerprint density at radius 3 is 2.45 bits per heavy atom. The lowest BCUT2D eigenvalue weighted by atomic mass is 9.97. The average Bonchev–Trinajstić information content (AvgIpc) is 2.89. The van der Waals surface area contributed by atoms with E-state index in [1.54, 1.807) is 12.1 Å². The zero-order chi connectivity index (χ0) is 29.1. The first-order valence-electron chi connectivity index (χ1n) is 13.2. The summed E-state index contributed by atoms with van der Waals surface area (Å²) in [6, 6.07) is 6.95. The van der Waals surface area contributed by atoms with Crippen molar-refractivity contribution in [2.24, 2.45) is 0 Å². The zero-order valence-corrected chi connectivity index (χ0v) is 24.4. The molecule has 222 valence electrons. The Kier molecular flexibility index (Phi) is 10.2. The third kappa shape index (κ3) is 7.57. The van der Waals surface area contributed by atoms with Crippen LogP contribution in [0.4, 0.5) is 23.4 Å². The molecule has 0 bridgehead atoms. The molecule has 2 aliphatic heterocycles. The fourth-order valence-corrected chi connectivity index (χ4v) is 6.48. The minimum absolute atomic E-state index is 0.232. The van der Waals surface area contributed by atoms with Crippen LogP contribution in [0.3, 0.4) is 0 Å². The van der Waals surface area contributed by atoms with E-state index >= 15 is 0 Å². The Hall–Kier alpha value is -1.70. The summed E-state index contributed by atoms with van der Waals surface area (Å²) in [4.78, 5) is 11.3. The highest BCUT2D eigenvalue weighted by molar-refractivity contribution is 7.90.